The summed E-state index contributed by atoms with van der Waals surface area (Å²) < 4.78 is 5.66. The lowest BCUT2D eigenvalue weighted by Crippen LogP contribution is -2.48. The van der Waals surface area contributed by atoms with Crippen molar-refractivity contribution in [2.45, 2.75) is 58.8 Å². The van der Waals surface area contributed by atoms with Gasteiger partial charge in [0.15, 0.2) is 0 Å². The van der Waals surface area contributed by atoms with Crippen LogP contribution in [0.5, 0.6) is 0 Å². The van der Waals surface area contributed by atoms with E-state index in [1.165, 1.54) is 0 Å². The maximum Gasteiger partial charge on any atom is 0.147 e. The number of aromatic nitrogens is 1. The van der Waals surface area contributed by atoms with Crippen LogP contribution in [0.15, 0.2) is 12.3 Å². The molecule has 0 spiro atoms. The molecule has 1 aliphatic heterocycles. The minimum absolute atomic E-state index is 0.0826. The van der Waals surface area contributed by atoms with Crippen LogP contribution in [0.1, 0.15) is 40.2 Å². The van der Waals surface area contributed by atoms with E-state index in [1.807, 2.05) is 12.3 Å². The van der Waals surface area contributed by atoms with E-state index in [2.05, 4.69) is 49.8 Å². The van der Waals surface area contributed by atoms with Crippen molar-refractivity contribution < 1.29 is 4.74 Å². The molecule has 2 rings (SSSR count). The highest BCUT2D eigenvalue weighted by atomic mass is 35.5. The molecule has 2 heterocycles. The van der Waals surface area contributed by atoms with Crippen molar-refractivity contribution in [1.82, 2.24) is 10.3 Å². The summed E-state index contributed by atoms with van der Waals surface area (Å²) in [5.41, 5.74) is 1.19. The van der Waals surface area contributed by atoms with Gasteiger partial charge in [0.25, 0.3) is 0 Å². The van der Waals surface area contributed by atoms with Crippen LogP contribution in [-0.4, -0.2) is 35.8 Å². The van der Waals surface area contributed by atoms with E-state index in [0.29, 0.717) is 17.7 Å². The molecule has 1 N–H and O–H groups in total. The summed E-state index contributed by atoms with van der Waals surface area (Å²) in [4.78, 5) is 6.82. The van der Waals surface area contributed by atoms with Crippen LogP contribution < -0.4 is 10.2 Å². The second-order valence-corrected chi connectivity index (χ2v) is 7.31. The largest absolute Gasteiger partial charge is 0.375 e. The highest BCUT2D eigenvalue weighted by molar-refractivity contribution is 6.33. The fraction of sp³-hybridized carbons (Fsp3) is 0.688. The van der Waals surface area contributed by atoms with Crippen molar-refractivity contribution in [3.05, 3.63) is 22.8 Å². The number of rotatable bonds is 3. The van der Waals surface area contributed by atoms with Crippen molar-refractivity contribution in [2.24, 2.45) is 0 Å². The van der Waals surface area contributed by atoms with Gasteiger partial charge in [-0.3, -0.25) is 0 Å². The Labute approximate surface area is 132 Å². The zero-order valence-corrected chi connectivity index (χ0v) is 14.4. The number of nitrogens with zero attached hydrogens (tertiary/aromatic N) is 2. The SMILES string of the molecule is CC1CN(c2ncc(CNC(C)(C)C)cc2Cl)C(C)CO1. The normalized spacial score (nSPS) is 23.4. The Hall–Kier alpha value is -0.840. The lowest BCUT2D eigenvalue weighted by Gasteiger charge is -2.38. The Morgan fingerprint density at radius 3 is 2.76 bits per heavy atom. The average molecular weight is 312 g/mol. The highest BCUT2D eigenvalue weighted by Crippen LogP contribution is 2.28. The third-order valence-electron chi connectivity index (χ3n) is 3.58. The molecule has 0 bridgehead atoms. The molecule has 1 saturated heterocycles. The number of morpholine rings is 1. The minimum atomic E-state index is 0.0826. The van der Waals surface area contributed by atoms with Gasteiger partial charge in [0.1, 0.15) is 5.82 Å². The standard InChI is InChI=1S/C16H26ClN3O/c1-11-10-21-12(2)9-20(11)15-14(17)6-13(7-18-15)8-19-16(3,4)5/h6-7,11-12,19H,8-10H2,1-5H3. The predicted molar refractivity (Wildman–Crippen MR) is 88.1 cm³/mol. The Balaban J connectivity index is 2.11. The first kappa shape index (κ1) is 16.5. The zero-order valence-electron chi connectivity index (χ0n) is 13.6. The van der Waals surface area contributed by atoms with Gasteiger partial charge >= 0.3 is 0 Å². The predicted octanol–water partition coefficient (Wildman–Crippen LogP) is 3.24. The van der Waals surface area contributed by atoms with Crippen molar-refractivity contribution in [3.63, 3.8) is 0 Å². The van der Waals surface area contributed by atoms with Gasteiger partial charge in [0, 0.05) is 24.8 Å². The topological polar surface area (TPSA) is 37.4 Å². The Morgan fingerprint density at radius 1 is 1.43 bits per heavy atom. The number of halogens is 1. The molecule has 2 unspecified atom stereocenters. The van der Waals surface area contributed by atoms with Crippen molar-refractivity contribution in [2.75, 3.05) is 18.1 Å². The van der Waals surface area contributed by atoms with Crippen LogP contribution >= 0.6 is 11.6 Å². The molecule has 1 aliphatic rings. The van der Waals surface area contributed by atoms with Gasteiger partial charge in [-0.2, -0.15) is 0 Å². The van der Waals surface area contributed by atoms with Crippen molar-refractivity contribution >= 4 is 17.4 Å². The van der Waals surface area contributed by atoms with E-state index < -0.39 is 0 Å². The molecule has 21 heavy (non-hydrogen) atoms. The summed E-state index contributed by atoms with van der Waals surface area (Å²) in [6.45, 7) is 13.0. The molecule has 2 atom stereocenters. The molecular weight excluding hydrogens is 286 g/mol. The maximum atomic E-state index is 6.45. The molecule has 0 aliphatic carbocycles. The Kier molecular flexibility index (Phi) is 5.12. The Morgan fingerprint density at radius 2 is 2.14 bits per heavy atom. The molecular formula is C16H26ClN3O. The number of hydrogen-bond donors (Lipinski definition) is 1. The van der Waals surface area contributed by atoms with Gasteiger partial charge in [-0.1, -0.05) is 11.6 Å². The van der Waals surface area contributed by atoms with Crippen LogP contribution in [-0.2, 0) is 11.3 Å². The third-order valence-corrected chi connectivity index (χ3v) is 3.86. The molecule has 0 saturated carbocycles. The van der Waals surface area contributed by atoms with Crippen LogP contribution in [0.3, 0.4) is 0 Å². The van der Waals surface area contributed by atoms with Gasteiger partial charge in [-0.15, -0.1) is 0 Å². The van der Waals surface area contributed by atoms with E-state index in [9.17, 15) is 0 Å². The van der Waals surface area contributed by atoms with Crippen LogP contribution in [0.4, 0.5) is 5.82 Å². The fourth-order valence-corrected chi connectivity index (χ4v) is 2.64. The van der Waals surface area contributed by atoms with E-state index in [4.69, 9.17) is 16.3 Å². The lowest BCUT2D eigenvalue weighted by molar-refractivity contribution is 0.0340. The van der Waals surface area contributed by atoms with Crippen LogP contribution in [0.2, 0.25) is 5.02 Å². The first-order valence-electron chi connectivity index (χ1n) is 7.54. The number of nitrogens with one attached hydrogen (secondary N) is 1. The van der Waals surface area contributed by atoms with Gasteiger partial charge in [-0.05, 0) is 46.2 Å². The van der Waals surface area contributed by atoms with E-state index in [-0.39, 0.29) is 11.6 Å². The van der Waals surface area contributed by atoms with Gasteiger partial charge in [0.05, 0.1) is 23.8 Å². The third kappa shape index (κ3) is 4.56. The summed E-state index contributed by atoms with van der Waals surface area (Å²) in [7, 11) is 0. The molecule has 118 valence electrons. The molecule has 1 aromatic rings. The Bertz CT molecular complexity index is 487. The summed E-state index contributed by atoms with van der Waals surface area (Å²) in [6.07, 6.45) is 2.12. The van der Waals surface area contributed by atoms with Crippen molar-refractivity contribution in [3.8, 4) is 0 Å². The molecule has 4 nitrogen and oxygen atoms in total. The highest BCUT2D eigenvalue weighted by Gasteiger charge is 2.26. The average Bonchev–Trinajstić information content (AvgIpc) is 2.39. The molecule has 0 radical (unpaired) electrons. The summed E-state index contributed by atoms with van der Waals surface area (Å²) in [5.74, 6) is 0.860. The quantitative estimate of drug-likeness (QED) is 0.930. The lowest BCUT2D eigenvalue weighted by atomic mass is 10.1. The summed E-state index contributed by atoms with van der Waals surface area (Å²) in [5, 5.41) is 4.16. The number of ether oxygens (including phenoxy) is 1. The second kappa shape index (κ2) is 6.51. The van der Waals surface area contributed by atoms with Crippen LogP contribution in [0.25, 0.3) is 0 Å². The number of anilines is 1. The first-order valence-corrected chi connectivity index (χ1v) is 7.92. The van der Waals surface area contributed by atoms with Crippen molar-refractivity contribution in [1.29, 1.82) is 0 Å². The van der Waals surface area contributed by atoms with E-state index >= 15 is 0 Å². The molecule has 0 aromatic carbocycles. The van der Waals surface area contributed by atoms with Gasteiger partial charge in [0.2, 0.25) is 0 Å². The molecule has 1 fully saturated rings. The van der Waals surface area contributed by atoms with E-state index in [0.717, 1.165) is 24.5 Å². The maximum absolute atomic E-state index is 6.45. The summed E-state index contributed by atoms with van der Waals surface area (Å²) in [6, 6.07) is 2.31. The fourth-order valence-electron chi connectivity index (χ4n) is 2.34. The molecule has 5 heteroatoms. The van der Waals surface area contributed by atoms with Gasteiger partial charge < -0.3 is 15.0 Å². The minimum Gasteiger partial charge on any atom is -0.375 e. The smallest absolute Gasteiger partial charge is 0.147 e. The number of pyridine rings is 1. The molecule has 0 amide bonds. The van der Waals surface area contributed by atoms with Crippen LogP contribution in [0, 0.1) is 0 Å². The van der Waals surface area contributed by atoms with E-state index in [1.54, 1.807) is 0 Å². The monoisotopic (exact) mass is 311 g/mol. The summed E-state index contributed by atoms with van der Waals surface area (Å²) >= 11 is 6.45. The molecule has 1 aromatic heterocycles. The first-order chi connectivity index (χ1) is 9.76. The van der Waals surface area contributed by atoms with Gasteiger partial charge in [-0.25, -0.2) is 4.98 Å². The number of hydrogen-bond acceptors (Lipinski definition) is 4. The zero-order chi connectivity index (χ0) is 15.6. The second-order valence-electron chi connectivity index (χ2n) is 6.90.